The number of hydrogen-bond donors (Lipinski definition) is 0. The van der Waals surface area contributed by atoms with E-state index in [0.717, 1.165) is 17.4 Å². The molecular formula is C14H11FO. The number of aryl methyl sites for hydroxylation is 1. The van der Waals surface area contributed by atoms with Crippen molar-refractivity contribution in [3.63, 3.8) is 0 Å². The Labute approximate surface area is 93.5 Å². The average molecular weight is 214 g/mol. The van der Waals surface area contributed by atoms with Crippen LogP contribution in [0, 0.1) is 12.7 Å². The van der Waals surface area contributed by atoms with E-state index < -0.39 is 0 Å². The molecule has 0 atom stereocenters. The minimum atomic E-state index is -0.211. The van der Waals surface area contributed by atoms with Gasteiger partial charge in [-0.15, -0.1) is 0 Å². The van der Waals surface area contributed by atoms with Gasteiger partial charge >= 0.3 is 0 Å². The third kappa shape index (κ3) is 2.01. The van der Waals surface area contributed by atoms with Crippen LogP contribution in [-0.4, -0.2) is 6.29 Å². The van der Waals surface area contributed by atoms with Crippen LogP contribution < -0.4 is 0 Å². The normalized spacial score (nSPS) is 10.1. The third-order valence-electron chi connectivity index (χ3n) is 2.55. The summed E-state index contributed by atoms with van der Waals surface area (Å²) in [5, 5.41) is 0. The molecule has 0 radical (unpaired) electrons. The van der Waals surface area contributed by atoms with Gasteiger partial charge in [0.05, 0.1) is 0 Å². The second-order valence-electron chi connectivity index (χ2n) is 3.70. The summed E-state index contributed by atoms with van der Waals surface area (Å²) in [6.45, 7) is 1.73. The molecular weight excluding hydrogens is 203 g/mol. The van der Waals surface area contributed by atoms with E-state index in [4.69, 9.17) is 0 Å². The van der Waals surface area contributed by atoms with E-state index in [2.05, 4.69) is 0 Å². The topological polar surface area (TPSA) is 17.1 Å². The van der Waals surface area contributed by atoms with Crippen molar-refractivity contribution in [1.29, 1.82) is 0 Å². The van der Waals surface area contributed by atoms with Crippen LogP contribution in [0.4, 0.5) is 4.39 Å². The summed E-state index contributed by atoms with van der Waals surface area (Å²) in [4.78, 5) is 10.5. The lowest BCUT2D eigenvalue weighted by atomic mass is 10.0. The standard InChI is InChI=1S/C14H11FO/c1-10-2-5-13(8-14(10)15)12-6-3-11(9-16)4-7-12/h2-9H,1H3. The van der Waals surface area contributed by atoms with Gasteiger partial charge in [-0.05, 0) is 29.7 Å². The van der Waals surface area contributed by atoms with E-state index in [-0.39, 0.29) is 5.82 Å². The van der Waals surface area contributed by atoms with Gasteiger partial charge in [-0.3, -0.25) is 4.79 Å². The summed E-state index contributed by atoms with van der Waals surface area (Å²) < 4.78 is 13.4. The Hall–Kier alpha value is -1.96. The van der Waals surface area contributed by atoms with E-state index in [0.29, 0.717) is 11.1 Å². The predicted octanol–water partition coefficient (Wildman–Crippen LogP) is 3.61. The number of rotatable bonds is 2. The van der Waals surface area contributed by atoms with Gasteiger partial charge in [0, 0.05) is 5.56 Å². The highest BCUT2D eigenvalue weighted by Gasteiger charge is 2.01. The summed E-state index contributed by atoms with van der Waals surface area (Å²) in [6, 6.07) is 12.2. The van der Waals surface area contributed by atoms with E-state index >= 15 is 0 Å². The molecule has 2 aromatic rings. The van der Waals surface area contributed by atoms with Crippen molar-refractivity contribution in [2.75, 3.05) is 0 Å². The van der Waals surface area contributed by atoms with E-state index in [9.17, 15) is 9.18 Å². The number of carbonyl (C=O) groups excluding carboxylic acids is 1. The molecule has 0 heterocycles. The number of aldehydes is 1. The second-order valence-corrected chi connectivity index (χ2v) is 3.70. The fraction of sp³-hybridized carbons (Fsp3) is 0.0714. The van der Waals surface area contributed by atoms with Gasteiger partial charge in [0.2, 0.25) is 0 Å². The molecule has 0 saturated carbocycles. The first-order chi connectivity index (χ1) is 7.70. The summed E-state index contributed by atoms with van der Waals surface area (Å²) >= 11 is 0. The van der Waals surface area contributed by atoms with Crippen molar-refractivity contribution in [3.8, 4) is 11.1 Å². The minimum Gasteiger partial charge on any atom is -0.298 e. The van der Waals surface area contributed by atoms with Crippen LogP contribution in [0.5, 0.6) is 0 Å². The smallest absolute Gasteiger partial charge is 0.150 e. The Morgan fingerprint density at radius 3 is 2.19 bits per heavy atom. The van der Waals surface area contributed by atoms with Crippen LogP contribution >= 0.6 is 0 Å². The van der Waals surface area contributed by atoms with Crippen LogP contribution in [0.2, 0.25) is 0 Å². The Balaban J connectivity index is 2.42. The fourth-order valence-electron chi connectivity index (χ4n) is 1.53. The number of hydrogen-bond acceptors (Lipinski definition) is 1. The zero-order chi connectivity index (χ0) is 11.5. The van der Waals surface area contributed by atoms with Crippen molar-refractivity contribution >= 4 is 6.29 Å². The molecule has 0 aliphatic heterocycles. The first-order valence-electron chi connectivity index (χ1n) is 5.02. The van der Waals surface area contributed by atoms with Crippen LogP contribution in [0.1, 0.15) is 15.9 Å². The van der Waals surface area contributed by atoms with E-state index in [1.54, 1.807) is 25.1 Å². The van der Waals surface area contributed by atoms with Gasteiger partial charge in [0.15, 0.2) is 0 Å². The quantitative estimate of drug-likeness (QED) is 0.698. The zero-order valence-corrected chi connectivity index (χ0v) is 8.91. The van der Waals surface area contributed by atoms with Gasteiger partial charge in [-0.25, -0.2) is 4.39 Å². The molecule has 0 aliphatic carbocycles. The maximum atomic E-state index is 13.4. The molecule has 0 amide bonds. The molecule has 2 rings (SSSR count). The summed E-state index contributed by atoms with van der Waals surface area (Å²) in [5.74, 6) is -0.211. The lowest BCUT2D eigenvalue weighted by molar-refractivity contribution is 0.112. The SMILES string of the molecule is Cc1ccc(-c2ccc(C=O)cc2)cc1F. The number of benzene rings is 2. The maximum Gasteiger partial charge on any atom is 0.150 e. The highest BCUT2D eigenvalue weighted by molar-refractivity contribution is 5.76. The van der Waals surface area contributed by atoms with Crippen LogP contribution in [0.25, 0.3) is 11.1 Å². The molecule has 0 spiro atoms. The molecule has 0 fully saturated rings. The third-order valence-corrected chi connectivity index (χ3v) is 2.55. The first-order valence-corrected chi connectivity index (χ1v) is 5.02. The highest BCUT2D eigenvalue weighted by Crippen LogP contribution is 2.21. The van der Waals surface area contributed by atoms with Crippen LogP contribution in [0.15, 0.2) is 42.5 Å². The van der Waals surface area contributed by atoms with Gasteiger partial charge in [-0.2, -0.15) is 0 Å². The Kier molecular flexibility index (Phi) is 2.82. The monoisotopic (exact) mass is 214 g/mol. The van der Waals surface area contributed by atoms with Gasteiger partial charge in [0.1, 0.15) is 12.1 Å². The molecule has 0 unspecified atom stereocenters. The molecule has 0 N–H and O–H groups in total. The Morgan fingerprint density at radius 2 is 1.62 bits per heavy atom. The molecule has 0 saturated heterocycles. The van der Waals surface area contributed by atoms with Crippen LogP contribution in [-0.2, 0) is 0 Å². The Morgan fingerprint density at radius 1 is 1.00 bits per heavy atom. The van der Waals surface area contributed by atoms with Crippen molar-refractivity contribution in [2.45, 2.75) is 6.92 Å². The highest BCUT2D eigenvalue weighted by atomic mass is 19.1. The average Bonchev–Trinajstić information content (AvgIpc) is 2.33. The number of carbonyl (C=O) groups is 1. The molecule has 16 heavy (non-hydrogen) atoms. The molecule has 2 heteroatoms. The van der Waals surface area contributed by atoms with E-state index in [1.807, 2.05) is 18.2 Å². The molecule has 0 aliphatic rings. The maximum absolute atomic E-state index is 13.4. The second kappa shape index (κ2) is 4.27. The van der Waals surface area contributed by atoms with Gasteiger partial charge in [-0.1, -0.05) is 36.4 Å². The van der Waals surface area contributed by atoms with Crippen molar-refractivity contribution < 1.29 is 9.18 Å². The molecule has 0 aromatic heterocycles. The summed E-state index contributed by atoms with van der Waals surface area (Å²) in [7, 11) is 0. The van der Waals surface area contributed by atoms with Gasteiger partial charge in [0.25, 0.3) is 0 Å². The van der Waals surface area contributed by atoms with E-state index in [1.165, 1.54) is 6.07 Å². The lowest BCUT2D eigenvalue weighted by Crippen LogP contribution is -1.85. The minimum absolute atomic E-state index is 0.211. The fourth-order valence-corrected chi connectivity index (χ4v) is 1.53. The summed E-state index contributed by atoms with van der Waals surface area (Å²) in [5.41, 5.74) is 2.98. The molecule has 0 bridgehead atoms. The predicted molar refractivity (Wildman–Crippen MR) is 62.0 cm³/mol. The molecule has 80 valence electrons. The summed E-state index contributed by atoms with van der Waals surface area (Å²) in [6.07, 6.45) is 0.791. The molecule has 1 nitrogen and oxygen atoms in total. The lowest BCUT2D eigenvalue weighted by Gasteiger charge is -2.03. The van der Waals surface area contributed by atoms with Crippen molar-refractivity contribution in [2.24, 2.45) is 0 Å². The van der Waals surface area contributed by atoms with Crippen molar-refractivity contribution in [1.82, 2.24) is 0 Å². The first kappa shape index (κ1) is 10.6. The Bertz CT molecular complexity index is 515. The van der Waals surface area contributed by atoms with Gasteiger partial charge < -0.3 is 0 Å². The number of halogens is 1. The van der Waals surface area contributed by atoms with Crippen LogP contribution in [0.3, 0.4) is 0 Å². The largest absolute Gasteiger partial charge is 0.298 e. The van der Waals surface area contributed by atoms with Crippen molar-refractivity contribution in [3.05, 3.63) is 59.4 Å². The molecule has 2 aromatic carbocycles. The zero-order valence-electron chi connectivity index (χ0n) is 8.91.